The third kappa shape index (κ3) is 5.97. The highest BCUT2D eigenvalue weighted by Crippen LogP contribution is 2.31. The minimum absolute atomic E-state index is 0.0326. The Morgan fingerprint density at radius 1 is 1.21 bits per heavy atom. The molecule has 0 radical (unpaired) electrons. The molecule has 5 rings (SSSR count). The molecular weight excluding hydrogens is 501 g/mol. The molecule has 6 nitrogen and oxygen atoms in total. The van der Waals surface area contributed by atoms with E-state index in [0.29, 0.717) is 24.4 Å². The Kier molecular flexibility index (Phi) is 8.20. The Balaban J connectivity index is 1.51. The van der Waals surface area contributed by atoms with Gasteiger partial charge in [-0.15, -0.1) is 11.3 Å². The molecule has 38 heavy (non-hydrogen) atoms. The summed E-state index contributed by atoms with van der Waals surface area (Å²) in [7, 11) is 1.64. The molecule has 1 N–H and O–H groups in total. The van der Waals surface area contributed by atoms with Crippen molar-refractivity contribution in [1.82, 2.24) is 9.88 Å². The van der Waals surface area contributed by atoms with Crippen LogP contribution in [0.15, 0.2) is 66.0 Å². The lowest BCUT2D eigenvalue weighted by molar-refractivity contribution is 0.0750. The molecule has 0 aliphatic carbocycles. The number of methoxy groups -OCH3 is 1. The number of ether oxygens (including phenoxy) is 1. The second-order valence-electron chi connectivity index (χ2n) is 9.75. The highest BCUT2D eigenvalue weighted by atomic mass is 32.1. The molecule has 3 heterocycles. The molecule has 1 aliphatic rings. The van der Waals surface area contributed by atoms with E-state index >= 15 is 0 Å². The number of aliphatic hydroxyl groups is 1. The fourth-order valence-electron chi connectivity index (χ4n) is 5.03. The molecule has 1 saturated heterocycles. The fourth-order valence-corrected chi connectivity index (χ4v) is 5.72. The highest BCUT2D eigenvalue weighted by Gasteiger charge is 2.25. The van der Waals surface area contributed by atoms with Gasteiger partial charge in [0.2, 0.25) is 0 Å². The number of benzene rings is 2. The van der Waals surface area contributed by atoms with Crippen LogP contribution in [-0.4, -0.2) is 54.2 Å². The summed E-state index contributed by atoms with van der Waals surface area (Å²) in [5.41, 5.74) is 2.77. The van der Waals surface area contributed by atoms with Crippen LogP contribution in [0, 0.1) is 11.7 Å². The Morgan fingerprint density at radius 3 is 2.79 bits per heavy atom. The summed E-state index contributed by atoms with van der Waals surface area (Å²) in [6.45, 7) is 2.60. The fraction of sp³-hybridized carbons (Fsp3) is 0.333. The number of halogens is 1. The van der Waals surface area contributed by atoms with Crippen LogP contribution in [0.5, 0.6) is 5.75 Å². The van der Waals surface area contributed by atoms with Gasteiger partial charge >= 0.3 is 0 Å². The first-order chi connectivity index (χ1) is 18.5. The SMILES string of the molecule is COc1ccc2cc(CN(CCc3ccc(F)cc3)C(=O)c3cccs3)c(N3CCCC(CO)C3)nc2c1. The number of thiophene rings is 1. The number of pyridine rings is 1. The molecular formula is C30H32FN3O3S. The Labute approximate surface area is 226 Å². The van der Waals surface area contributed by atoms with Crippen molar-refractivity contribution in [2.75, 3.05) is 38.3 Å². The number of carbonyl (C=O) groups is 1. The van der Waals surface area contributed by atoms with Crippen LogP contribution in [0.25, 0.3) is 10.9 Å². The Hall–Kier alpha value is -3.49. The zero-order valence-corrected chi connectivity index (χ0v) is 22.3. The van der Waals surface area contributed by atoms with Crippen molar-refractivity contribution >= 4 is 34.0 Å². The number of aliphatic hydroxyl groups excluding tert-OH is 1. The number of aromatic nitrogens is 1. The molecule has 2 aromatic heterocycles. The van der Waals surface area contributed by atoms with Crippen molar-refractivity contribution < 1.29 is 19.0 Å². The first kappa shape index (κ1) is 26.1. The monoisotopic (exact) mass is 533 g/mol. The predicted molar refractivity (Wildman–Crippen MR) is 149 cm³/mol. The van der Waals surface area contributed by atoms with E-state index in [2.05, 4.69) is 11.0 Å². The highest BCUT2D eigenvalue weighted by molar-refractivity contribution is 7.12. The van der Waals surface area contributed by atoms with Crippen molar-refractivity contribution in [1.29, 1.82) is 0 Å². The largest absolute Gasteiger partial charge is 0.497 e. The number of carbonyl (C=O) groups excluding carboxylic acids is 1. The summed E-state index contributed by atoms with van der Waals surface area (Å²) >= 11 is 1.43. The van der Waals surface area contributed by atoms with Crippen LogP contribution >= 0.6 is 11.3 Å². The molecule has 1 amide bonds. The number of amides is 1. The van der Waals surface area contributed by atoms with Crippen LogP contribution in [-0.2, 0) is 13.0 Å². The first-order valence-electron chi connectivity index (χ1n) is 12.9. The van der Waals surface area contributed by atoms with Crippen LogP contribution < -0.4 is 9.64 Å². The molecule has 0 bridgehead atoms. The predicted octanol–water partition coefficient (Wildman–Crippen LogP) is 5.54. The topological polar surface area (TPSA) is 65.9 Å². The summed E-state index contributed by atoms with van der Waals surface area (Å²) in [5, 5.41) is 12.7. The summed E-state index contributed by atoms with van der Waals surface area (Å²) in [6, 6.07) is 18.1. The van der Waals surface area contributed by atoms with Gasteiger partial charge in [0, 0.05) is 49.8 Å². The molecule has 0 saturated carbocycles. The van der Waals surface area contributed by atoms with Gasteiger partial charge in [-0.1, -0.05) is 18.2 Å². The number of piperidine rings is 1. The van der Waals surface area contributed by atoms with E-state index in [1.807, 2.05) is 40.6 Å². The molecule has 1 atom stereocenters. The summed E-state index contributed by atoms with van der Waals surface area (Å²) in [6.07, 6.45) is 2.58. The van der Waals surface area contributed by atoms with E-state index in [1.165, 1.54) is 23.5 Å². The Morgan fingerprint density at radius 2 is 2.05 bits per heavy atom. The minimum Gasteiger partial charge on any atom is -0.497 e. The van der Waals surface area contributed by atoms with Crippen molar-refractivity contribution in [2.45, 2.75) is 25.8 Å². The third-order valence-electron chi connectivity index (χ3n) is 7.12. The molecule has 8 heteroatoms. The maximum absolute atomic E-state index is 13.6. The summed E-state index contributed by atoms with van der Waals surface area (Å²) in [5.74, 6) is 1.47. The molecule has 1 unspecified atom stereocenters. The van der Waals surface area contributed by atoms with E-state index < -0.39 is 0 Å². The van der Waals surface area contributed by atoms with Crippen molar-refractivity contribution in [3.8, 4) is 5.75 Å². The maximum atomic E-state index is 13.6. The number of hydrogen-bond donors (Lipinski definition) is 1. The summed E-state index contributed by atoms with van der Waals surface area (Å²) < 4.78 is 18.9. The van der Waals surface area contributed by atoms with Gasteiger partial charge in [0.1, 0.15) is 17.4 Å². The lowest BCUT2D eigenvalue weighted by atomic mass is 9.98. The van der Waals surface area contributed by atoms with Crippen LogP contribution in [0.4, 0.5) is 10.2 Å². The number of nitrogens with zero attached hydrogens (tertiary/aromatic N) is 3. The van der Waals surface area contributed by atoms with E-state index in [1.54, 1.807) is 19.2 Å². The average molecular weight is 534 g/mol. The number of fused-ring (bicyclic) bond motifs is 1. The summed E-state index contributed by atoms with van der Waals surface area (Å²) in [4.78, 5) is 23.5. The van der Waals surface area contributed by atoms with Gasteiger partial charge in [-0.2, -0.15) is 0 Å². The Bertz CT molecular complexity index is 1380. The quantitative estimate of drug-likeness (QED) is 0.306. The maximum Gasteiger partial charge on any atom is 0.264 e. The molecule has 1 aliphatic heterocycles. The standard InChI is InChI=1S/C30H32FN3O3S/c1-37-26-11-8-23-16-24(29(32-27(23)17-26)33-13-2-4-22(18-33)20-35)19-34(30(36)28-5-3-15-38-28)14-12-21-6-9-25(31)10-7-21/h3,5-11,15-17,22,35H,2,4,12-14,18-20H2,1H3. The van der Waals surface area contributed by atoms with Gasteiger partial charge in [-0.25, -0.2) is 9.37 Å². The van der Waals surface area contributed by atoms with Gasteiger partial charge in [-0.3, -0.25) is 4.79 Å². The van der Waals surface area contributed by atoms with E-state index in [9.17, 15) is 14.3 Å². The molecule has 1 fully saturated rings. The second kappa shape index (κ2) is 11.9. The zero-order chi connectivity index (χ0) is 26.5. The lowest BCUT2D eigenvalue weighted by Gasteiger charge is -2.35. The van der Waals surface area contributed by atoms with Crippen LogP contribution in [0.1, 0.15) is 33.6 Å². The molecule has 0 spiro atoms. The van der Waals surface area contributed by atoms with Crippen LogP contribution in [0.2, 0.25) is 0 Å². The van der Waals surface area contributed by atoms with E-state index in [4.69, 9.17) is 9.72 Å². The lowest BCUT2D eigenvalue weighted by Crippen LogP contribution is -2.39. The smallest absolute Gasteiger partial charge is 0.264 e. The van der Waals surface area contributed by atoms with Gasteiger partial charge < -0.3 is 19.6 Å². The van der Waals surface area contributed by atoms with E-state index in [0.717, 1.165) is 59.5 Å². The minimum atomic E-state index is -0.272. The molecule has 198 valence electrons. The molecule has 2 aromatic carbocycles. The molecule has 4 aromatic rings. The van der Waals surface area contributed by atoms with Gasteiger partial charge in [0.25, 0.3) is 5.91 Å². The van der Waals surface area contributed by atoms with E-state index in [-0.39, 0.29) is 24.2 Å². The van der Waals surface area contributed by atoms with Gasteiger partial charge in [0.05, 0.1) is 17.5 Å². The van der Waals surface area contributed by atoms with Crippen molar-refractivity contribution in [2.24, 2.45) is 5.92 Å². The second-order valence-corrected chi connectivity index (χ2v) is 10.7. The average Bonchev–Trinajstić information content (AvgIpc) is 3.50. The first-order valence-corrected chi connectivity index (χ1v) is 13.8. The third-order valence-corrected chi connectivity index (χ3v) is 7.98. The van der Waals surface area contributed by atoms with Gasteiger partial charge in [0.15, 0.2) is 0 Å². The zero-order valence-electron chi connectivity index (χ0n) is 21.5. The van der Waals surface area contributed by atoms with Crippen molar-refractivity contribution in [3.05, 3.63) is 87.9 Å². The normalized spacial score (nSPS) is 15.6. The van der Waals surface area contributed by atoms with Crippen molar-refractivity contribution in [3.63, 3.8) is 0 Å². The van der Waals surface area contributed by atoms with Crippen LogP contribution in [0.3, 0.4) is 0 Å². The number of rotatable bonds is 9. The number of hydrogen-bond acceptors (Lipinski definition) is 6. The number of anilines is 1. The van der Waals surface area contributed by atoms with Gasteiger partial charge in [-0.05, 0) is 72.5 Å².